The summed E-state index contributed by atoms with van der Waals surface area (Å²) in [6, 6.07) is -0.0483. The van der Waals surface area contributed by atoms with E-state index in [1.807, 2.05) is 0 Å². The van der Waals surface area contributed by atoms with Crippen molar-refractivity contribution >= 4 is 17.7 Å². The minimum atomic E-state index is -2.76. The maximum absolute atomic E-state index is 12.3. The van der Waals surface area contributed by atoms with E-state index < -0.39 is 24.8 Å². The molecule has 2 aliphatic carbocycles. The number of halogens is 2. The Morgan fingerprint density at radius 1 is 1.10 bits per heavy atom. The van der Waals surface area contributed by atoms with E-state index in [-0.39, 0.29) is 23.5 Å². The van der Waals surface area contributed by atoms with E-state index >= 15 is 0 Å². The van der Waals surface area contributed by atoms with Crippen LogP contribution in [0.15, 0.2) is 0 Å². The Hall–Kier alpha value is -2.07. The van der Waals surface area contributed by atoms with E-state index in [9.17, 15) is 23.8 Å². The van der Waals surface area contributed by atoms with Gasteiger partial charge in [-0.25, -0.2) is 9.78 Å². The molecule has 29 heavy (non-hydrogen) atoms. The molecule has 0 aliphatic heterocycles. The van der Waals surface area contributed by atoms with E-state index in [1.165, 1.54) is 0 Å². The first-order chi connectivity index (χ1) is 13.8. The van der Waals surface area contributed by atoms with Crippen molar-refractivity contribution in [2.45, 2.75) is 89.2 Å². The number of rotatable bonds is 7. The van der Waals surface area contributed by atoms with Crippen molar-refractivity contribution in [1.82, 2.24) is 9.97 Å². The Bertz CT molecular complexity index is 714. The van der Waals surface area contributed by atoms with Crippen LogP contribution >= 0.6 is 0 Å². The van der Waals surface area contributed by atoms with Crippen LogP contribution in [0.3, 0.4) is 0 Å². The topological polar surface area (TPSA) is 117 Å². The van der Waals surface area contributed by atoms with Crippen LogP contribution in [0.2, 0.25) is 0 Å². The maximum Gasteiger partial charge on any atom is 0.345 e. The molecule has 1 aromatic heterocycles. The molecule has 2 saturated carbocycles. The Kier molecular flexibility index (Phi) is 7.18. The Morgan fingerprint density at radius 2 is 1.83 bits per heavy atom. The number of hydrogen-bond donors (Lipinski definition) is 4. The second-order valence-corrected chi connectivity index (χ2v) is 7.84. The predicted octanol–water partition coefficient (Wildman–Crippen LogP) is 3.16. The van der Waals surface area contributed by atoms with Crippen LogP contribution in [-0.4, -0.2) is 57.1 Å². The van der Waals surface area contributed by atoms with Gasteiger partial charge in [0, 0.05) is 12.1 Å². The standard InChI is InChI=1S/C19H28F2N4O4/c1-10-15(17(27)28)16(23-12-3-2-4-13(26)9-12)25-19(22-10)24-11-5-7-14(8-6-11)29-18(20)21/h11-14,18,26H,2-9H2,1H3,(H,27,28)(H2,22,23,24,25)/t11?,12-,13+,14?/m1/s1. The SMILES string of the molecule is Cc1nc(NC2CCC(OC(F)F)CC2)nc(N[C@@H]2CCC[C@H](O)C2)c1C(=O)O. The van der Waals surface area contributed by atoms with Crippen LogP contribution in [0.4, 0.5) is 20.5 Å². The molecule has 0 amide bonds. The van der Waals surface area contributed by atoms with Crippen molar-refractivity contribution < 1.29 is 28.5 Å². The molecule has 0 radical (unpaired) electrons. The lowest BCUT2D eigenvalue weighted by atomic mass is 9.93. The first-order valence-electron chi connectivity index (χ1n) is 10.1. The lowest BCUT2D eigenvalue weighted by Gasteiger charge is -2.30. The van der Waals surface area contributed by atoms with Gasteiger partial charge in [0.2, 0.25) is 5.95 Å². The number of nitrogens with one attached hydrogen (secondary N) is 2. The molecule has 0 spiro atoms. The summed E-state index contributed by atoms with van der Waals surface area (Å²) < 4.78 is 29.3. The number of aromatic carboxylic acids is 1. The third kappa shape index (κ3) is 5.96. The van der Waals surface area contributed by atoms with Crippen molar-refractivity contribution in [3.05, 3.63) is 11.3 Å². The van der Waals surface area contributed by atoms with Crippen molar-refractivity contribution in [3.63, 3.8) is 0 Å². The van der Waals surface area contributed by atoms with Gasteiger partial charge in [0.1, 0.15) is 11.4 Å². The van der Waals surface area contributed by atoms with E-state index in [4.69, 9.17) is 0 Å². The van der Waals surface area contributed by atoms with Crippen molar-refractivity contribution in [3.8, 4) is 0 Å². The molecule has 2 fully saturated rings. The third-order valence-electron chi connectivity index (χ3n) is 5.59. The number of aliphatic hydroxyl groups excluding tert-OH is 1. The summed E-state index contributed by atoms with van der Waals surface area (Å²) >= 11 is 0. The maximum atomic E-state index is 12.3. The van der Waals surface area contributed by atoms with Gasteiger partial charge in [-0.05, 0) is 58.3 Å². The number of aromatic nitrogens is 2. The fraction of sp³-hybridized carbons (Fsp3) is 0.737. The molecule has 0 saturated heterocycles. The van der Waals surface area contributed by atoms with Gasteiger partial charge in [-0.1, -0.05) is 0 Å². The number of alkyl halides is 2. The smallest absolute Gasteiger partial charge is 0.345 e. The van der Waals surface area contributed by atoms with Gasteiger partial charge in [-0.2, -0.15) is 13.8 Å². The average Bonchev–Trinajstić information content (AvgIpc) is 2.62. The summed E-state index contributed by atoms with van der Waals surface area (Å²) in [5.74, 6) is -0.566. The van der Waals surface area contributed by atoms with E-state index in [1.54, 1.807) is 6.92 Å². The highest BCUT2D eigenvalue weighted by atomic mass is 19.3. The summed E-state index contributed by atoms with van der Waals surface area (Å²) in [6.45, 7) is -1.14. The van der Waals surface area contributed by atoms with Crippen LogP contribution in [0.5, 0.6) is 0 Å². The number of carboxylic acid groups (broad SMARTS) is 1. The predicted molar refractivity (Wildman–Crippen MR) is 102 cm³/mol. The van der Waals surface area contributed by atoms with Crippen LogP contribution in [0.25, 0.3) is 0 Å². The molecule has 1 heterocycles. The highest BCUT2D eigenvalue weighted by Gasteiger charge is 2.27. The summed E-state index contributed by atoms with van der Waals surface area (Å²) in [5.41, 5.74) is 0.355. The van der Waals surface area contributed by atoms with E-state index in [0.717, 1.165) is 19.3 Å². The lowest BCUT2D eigenvalue weighted by molar-refractivity contribution is -0.169. The van der Waals surface area contributed by atoms with Crippen molar-refractivity contribution in [2.75, 3.05) is 10.6 Å². The molecule has 0 bridgehead atoms. The number of carbonyl (C=O) groups is 1. The number of aryl methyl sites for hydroxylation is 1. The molecule has 3 rings (SSSR count). The molecule has 10 heteroatoms. The van der Waals surface area contributed by atoms with Crippen LogP contribution in [-0.2, 0) is 4.74 Å². The Morgan fingerprint density at radius 3 is 2.45 bits per heavy atom. The van der Waals surface area contributed by atoms with Crippen LogP contribution < -0.4 is 10.6 Å². The van der Waals surface area contributed by atoms with Gasteiger partial charge < -0.3 is 25.6 Å². The number of aliphatic hydroxyl groups is 1. The fourth-order valence-electron chi connectivity index (χ4n) is 4.16. The van der Waals surface area contributed by atoms with Crippen LogP contribution in [0, 0.1) is 6.92 Å². The number of carboxylic acids is 1. The second kappa shape index (κ2) is 9.62. The van der Waals surface area contributed by atoms with Gasteiger partial charge in [-0.15, -0.1) is 0 Å². The minimum Gasteiger partial charge on any atom is -0.477 e. The van der Waals surface area contributed by atoms with Gasteiger partial charge in [0.25, 0.3) is 0 Å². The summed E-state index contributed by atoms with van der Waals surface area (Å²) in [7, 11) is 0. The first kappa shape index (κ1) is 21.6. The lowest BCUT2D eigenvalue weighted by Crippen LogP contribution is -2.33. The number of ether oxygens (including phenoxy) is 1. The normalized spacial score (nSPS) is 27.6. The first-order valence-corrected chi connectivity index (χ1v) is 10.1. The Labute approximate surface area is 168 Å². The highest BCUT2D eigenvalue weighted by Crippen LogP contribution is 2.28. The molecule has 8 nitrogen and oxygen atoms in total. The molecule has 4 N–H and O–H groups in total. The zero-order valence-electron chi connectivity index (χ0n) is 16.4. The van der Waals surface area contributed by atoms with E-state index in [2.05, 4.69) is 25.3 Å². The summed E-state index contributed by atoms with van der Waals surface area (Å²) in [5, 5.41) is 25.8. The minimum absolute atomic E-state index is 0.00644. The molecule has 0 unspecified atom stereocenters. The number of hydrogen-bond acceptors (Lipinski definition) is 7. The zero-order chi connectivity index (χ0) is 21.0. The number of anilines is 2. The number of nitrogens with zero attached hydrogens (tertiary/aromatic N) is 2. The van der Waals surface area contributed by atoms with Gasteiger partial charge in [0.15, 0.2) is 0 Å². The monoisotopic (exact) mass is 414 g/mol. The second-order valence-electron chi connectivity index (χ2n) is 7.84. The summed E-state index contributed by atoms with van der Waals surface area (Å²) in [6.07, 6.45) is 4.43. The molecule has 0 aromatic carbocycles. The van der Waals surface area contributed by atoms with Crippen LogP contribution in [0.1, 0.15) is 67.4 Å². The van der Waals surface area contributed by atoms with Gasteiger partial charge >= 0.3 is 12.6 Å². The molecule has 1 aromatic rings. The molecular weight excluding hydrogens is 386 g/mol. The average molecular weight is 414 g/mol. The highest BCUT2D eigenvalue weighted by molar-refractivity contribution is 5.94. The zero-order valence-corrected chi connectivity index (χ0v) is 16.4. The molecular formula is C19H28F2N4O4. The molecule has 2 aliphatic rings. The Balaban J connectivity index is 1.69. The summed E-state index contributed by atoms with van der Waals surface area (Å²) in [4.78, 5) is 20.4. The van der Waals surface area contributed by atoms with Crippen molar-refractivity contribution in [1.29, 1.82) is 0 Å². The fourth-order valence-corrected chi connectivity index (χ4v) is 4.16. The quantitative estimate of drug-likeness (QED) is 0.538. The van der Waals surface area contributed by atoms with E-state index in [0.29, 0.717) is 43.7 Å². The van der Waals surface area contributed by atoms with Gasteiger partial charge in [-0.3, -0.25) is 0 Å². The van der Waals surface area contributed by atoms with Crippen molar-refractivity contribution in [2.24, 2.45) is 0 Å². The van der Waals surface area contributed by atoms with Gasteiger partial charge in [0.05, 0.1) is 17.9 Å². The third-order valence-corrected chi connectivity index (χ3v) is 5.59. The largest absolute Gasteiger partial charge is 0.477 e. The molecule has 2 atom stereocenters. The molecule has 162 valence electrons.